The van der Waals surface area contributed by atoms with Crippen LogP contribution in [-0.2, 0) is 21.2 Å². The molecule has 216 valence electrons. The number of fused-ring (bicyclic) bond motifs is 1. The summed E-state index contributed by atoms with van der Waals surface area (Å²) in [6, 6.07) is 4.89. The number of hydrogen-bond donors (Lipinski definition) is 3. The largest absolute Gasteiger partial charge is 0.452 e. The number of hydrogen-bond acceptors (Lipinski definition) is 9. The van der Waals surface area contributed by atoms with E-state index in [1.807, 2.05) is 6.92 Å². The summed E-state index contributed by atoms with van der Waals surface area (Å²) in [5.41, 5.74) is 1.73. The number of aryl methyl sites for hydroxylation is 1. The van der Waals surface area contributed by atoms with Crippen LogP contribution in [-0.4, -0.2) is 66.8 Å². The van der Waals surface area contributed by atoms with Gasteiger partial charge in [0.25, 0.3) is 0 Å². The second kappa shape index (κ2) is 11.8. The van der Waals surface area contributed by atoms with E-state index in [-0.39, 0.29) is 11.6 Å². The standard InChI is InChI=1S/C24H25F5N6O4S/c1-2-13-8-19(33-20-12-31-22(34-21(13)20)32-16-9-15(25)10-30-11-16)14-3-4-18(17(26)7-14)35-40(37,38)23(36)39-6-5-24(27,28)29/h3-4,7-8,12,15-16,30,35H,2,5-6,9-11H2,1H3,(H,31,32,34)/t15-,16-/m0/s1. The van der Waals surface area contributed by atoms with E-state index >= 15 is 0 Å². The van der Waals surface area contributed by atoms with E-state index < -0.39 is 52.2 Å². The number of rotatable bonds is 8. The first kappa shape index (κ1) is 29.3. The number of aromatic nitrogens is 3. The van der Waals surface area contributed by atoms with Crippen molar-refractivity contribution >= 4 is 38.0 Å². The van der Waals surface area contributed by atoms with E-state index in [0.717, 1.165) is 17.7 Å². The molecule has 0 saturated carbocycles. The topological polar surface area (TPSA) is 135 Å². The van der Waals surface area contributed by atoms with Crippen molar-refractivity contribution in [2.24, 2.45) is 0 Å². The van der Waals surface area contributed by atoms with Crippen LogP contribution < -0.4 is 15.4 Å². The predicted octanol–water partition coefficient (Wildman–Crippen LogP) is 4.34. The van der Waals surface area contributed by atoms with Crippen LogP contribution in [0.25, 0.3) is 22.3 Å². The Kier molecular flexibility index (Phi) is 8.68. The third kappa shape index (κ3) is 7.29. The number of sulfonamides is 1. The van der Waals surface area contributed by atoms with Gasteiger partial charge in [0.2, 0.25) is 5.95 Å². The number of carbonyl (C=O) groups is 1. The molecule has 1 saturated heterocycles. The average Bonchev–Trinajstić information content (AvgIpc) is 2.88. The SMILES string of the molecule is CCc1cc(-c2ccc(NS(=O)(=O)C(=O)OCCC(F)(F)F)c(F)c2)nc2cnc(N[C@@H]3CNC[C@@H](F)C3)nc12. The highest BCUT2D eigenvalue weighted by molar-refractivity contribution is 8.06. The van der Waals surface area contributed by atoms with E-state index in [0.29, 0.717) is 48.6 Å². The Morgan fingerprint density at radius 2 is 1.98 bits per heavy atom. The number of ether oxygens (including phenoxy) is 1. The molecule has 0 amide bonds. The summed E-state index contributed by atoms with van der Waals surface area (Å²) in [7, 11) is -4.97. The van der Waals surface area contributed by atoms with Gasteiger partial charge >= 0.3 is 21.5 Å². The summed E-state index contributed by atoms with van der Waals surface area (Å²) in [6.45, 7) is 1.55. The molecule has 3 aromatic rings. The van der Waals surface area contributed by atoms with Crippen molar-refractivity contribution in [2.45, 2.75) is 44.6 Å². The molecule has 1 aliphatic rings. The maximum atomic E-state index is 14.8. The summed E-state index contributed by atoms with van der Waals surface area (Å²) >= 11 is 0. The number of carbonyl (C=O) groups excluding carboxylic acids is 1. The summed E-state index contributed by atoms with van der Waals surface area (Å²) in [6.07, 6.45) is -4.80. The molecule has 10 nitrogen and oxygen atoms in total. The molecule has 2 atom stereocenters. The van der Waals surface area contributed by atoms with Crippen molar-refractivity contribution in [1.82, 2.24) is 20.3 Å². The number of pyridine rings is 1. The number of nitrogens with zero attached hydrogens (tertiary/aromatic N) is 3. The highest BCUT2D eigenvalue weighted by Crippen LogP contribution is 2.28. The molecule has 0 unspecified atom stereocenters. The van der Waals surface area contributed by atoms with Gasteiger partial charge in [0, 0.05) is 31.1 Å². The summed E-state index contributed by atoms with van der Waals surface area (Å²) in [5.74, 6) is -0.746. The van der Waals surface area contributed by atoms with Gasteiger partial charge in [0.1, 0.15) is 24.1 Å². The van der Waals surface area contributed by atoms with Crippen LogP contribution in [0.15, 0.2) is 30.5 Å². The molecule has 0 aliphatic carbocycles. The Hall–Kier alpha value is -3.66. The summed E-state index contributed by atoms with van der Waals surface area (Å²) < 4.78 is 95.1. The van der Waals surface area contributed by atoms with Crippen molar-refractivity contribution in [1.29, 1.82) is 0 Å². The molecule has 16 heteroatoms. The minimum Gasteiger partial charge on any atom is -0.452 e. The molecule has 0 radical (unpaired) electrons. The maximum absolute atomic E-state index is 14.8. The zero-order chi connectivity index (χ0) is 29.1. The van der Waals surface area contributed by atoms with Gasteiger partial charge in [-0.05, 0) is 30.2 Å². The van der Waals surface area contributed by atoms with Gasteiger partial charge in [-0.15, -0.1) is 0 Å². The number of nitrogens with one attached hydrogen (secondary N) is 3. The fourth-order valence-corrected chi connectivity index (χ4v) is 4.81. The highest BCUT2D eigenvalue weighted by atomic mass is 32.2. The first-order valence-corrected chi connectivity index (χ1v) is 13.7. The lowest BCUT2D eigenvalue weighted by Gasteiger charge is -2.26. The Morgan fingerprint density at radius 3 is 2.65 bits per heavy atom. The van der Waals surface area contributed by atoms with Crippen molar-refractivity contribution in [3.8, 4) is 11.3 Å². The van der Waals surface area contributed by atoms with Gasteiger partial charge in [0.15, 0.2) is 0 Å². The Bertz CT molecular complexity index is 1510. The molecule has 1 aromatic carbocycles. The predicted molar refractivity (Wildman–Crippen MR) is 136 cm³/mol. The molecule has 0 bridgehead atoms. The normalized spacial score (nSPS) is 17.9. The zero-order valence-electron chi connectivity index (χ0n) is 21.1. The minimum atomic E-state index is -4.97. The monoisotopic (exact) mass is 588 g/mol. The third-order valence-electron chi connectivity index (χ3n) is 5.97. The van der Waals surface area contributed by atoms with Crippen LogP contribution in [0.3, 0.4) is 0 Å². The Morgan fingerprint density at radius 1 is 1.20 bits per heavy atom. The lowest BCUT2D eigenvalue weighted by atomic mass is 10.1. The third-order valence-corrected chi connectivity index (χ3v) is 7.02. The maximum Gasteiger partial charge on any atom is 0.445 e. The highest BCUT2D eigenvalue weighted by Gasteiger charge is 2.30. The van der Waals surface area contributed by atoms with Gasteiger partial charge in [-0.3, -0.25) is 4.72 Å². The summed E-state index contributed by atoms with van der Waals surface area (Å²) in [5, 5.41) is 4.14. The van der Waals surface area contributed by atoms with Crippen molar-refractivity contribution in [2.75, 3.05) is 29.7 Å². The van der Waals surface area contributed by atoms with Gasteiger partial charge in [0.05, 0.1) is 29.5 Å². The number of piperidine rings is 1. The number of anilines is 2. The molecule has 0 spiro atoms. The molecule has 2 aromatic heterocycles. The second-order valence-corrected chi connectivity index (χ2v) is 10.6. The van der Waals surface area contributed by atoms with Gasteiger partial charge in [-0.25, -0.2) is 28.5 Å². The molecule has 40 heavy (non-hydrogen) atoms. The molecule has 1 aliphatic heterocycles. The van der Waals surface area contributed by atoms with Crippen LogP contribution in [0.2, 0.25) is 0 Å². The van der Waals surface area contributed by atoms with Gasteiger partial charge in [-0.1, -0.05) is 13.0 Å². The first-order valence-electron chi connectivity index (χ1n) is 12.2. The molecule has 1 fully saturated rings. The Balaban J connectivity index is 1.52. The quantitative estimate of drug-likeness (QED) is 0.260. The van der Waals surface area contributed by atoms with E-state index in [1.54, 1.807) is 10.8 Å². The van der Waals surface area contributed by atoms with E-state index in [1.165, 1.54) is 12.3 Å². The zero-order valence-corrected chi connectivity index (χ0v) is 21.9. The fourth-order valence-electron chi connectivity index (χ4n) is 4.03. The van der Waals surface area contributed by atoms with Crippen LogP contribution in [0.5, 0.6) is 0 Å². The van der Waals surface area contributed by atoms with Crippen molar-refractivity contribution < 1.29 is 39.9 Å². The van der Waals surface area contributed by atoms with Crippen molar-refractivity contribution in [3.05, 3.63) is 41.8 Å². The van der Waals surface area contributed by atoms with Crippen LogP contribution >= 0.6 is 0 Å². The smallest absolute Gasteiger partial charge is 0.445 e. The van der Waals surface area contributed by atoms with E-state index in [9.17, 15) is 35.2 Å². The van der Waals surface area contributed by atoms with Gasteiger partial charge in [-0.2, -0.15) is 21.6 Å². The van der Waals surface area contributed by atoms with Crippen LogP contribution in [0.1, 0.15) is 25.3 Å². The number of halogens is 5. The molecule has 4 rings (SSSR count). The lowest BCUT2D eigenvalue weighted by molar-refractivity contribution is -0.140. The van der Waals surface area contributed by atoms with Gasteiger partial charge < -0.3 is 15.4 Å². The van der Waals surface area contributed by atoms with Crippen molar-refractivity contribution in [3.63, 3.8) is 0 Å². The summed E-state index contributed by atoms with van der Waals surface area (Å²) in [4.78, 5) is 25.0. The van der Waals surface area contributed by atoms with Crippen LogP contribution in [0, 0.1) is 5.82 Å². The molecule has 3 N–H and O–H groups in total. The molecular weight excluding hydrogens is 563 g/mol. The molecular formula is C24H25F5N6O4S. The van der Waals surface area contributed by atoms with E-state index in [2.05, 4.69) is 30.3 Å². The lowest BCUT2D eigenvalue weighted by Crippen LogP contribution is -2.44. The fraction of sp³-hybridized carbons (Fsp3) is 0.417. The minimum absolute atomic E-state index is 0.181. The molecule has 3 heterocycles. The Labute approximate surface area is 225 Å². The second-order valence-electron chi connectivity index (χ2n) is 9.04. The van der Waals surface area contributed by atoms with Crippen LogP contribution in [0.4, 0.5) is 38.4 Å². The number of alkyl halides is 4. The first-order chi connectivity index (χ1) is 18.8. The average molecular weight is 589 g/mol. The number of benzene rings is 1. The van der Waals surface area contributed by atoms with E-state index in [4.69, 9.17) is 0 Å².